The Bertz CT molecular complexity index is 1370. The number of carbonyl (C=O) groups excluding carboxylic acids is 1. The molecule has 0 atom stereocenters. The first-order valence-corrected chi connectivity index (χ1v) is 11.9. The van der Waals surface area contributed by atoms with Gasteiger partial charge in [0.05, 0.1) is 12.8 Å². The summed E-state index contributed by atoms with van der Waals surface area (Å²) in [7, 11) is 1.61. The Balaban J connectivity index is 1.73. The fourth-order valence-electron chi connectivity index (χ4n) is 4.00. The van der Waals surface area contributed by atoms with Gasteiger partial charge >= 0.3 is 0 Å². The smallest absolute Gasteiger partial charge is 0.215 e. The number of carbonyl (C=O) groups is 1. The lowest BCUT2D eigenvalue weighted by Gasteiger charge is -2.32. The Labute approximate surface area is 207 Å². The van der Waals surface area contributed by atoms with Gasteiger partial charge in [-0.2, -0.15) is 4.68 Å². The lowest BCUT2D eigenvalue weighted by atomic mass is 9.83. The molecule has 4 aromatic carbocycles. The van der Waals surface area contributed by atoms with Crippen molar-refractivity contribution in [1.29, 1.82) is 0 Å². The second-order valence-electron chi connectivity index (χ2n) is 7.78. The zero-order chi connectivity index (χ0) is 24.1. The van der Waals surface area contributed by atoms with Gasteiger partial charge in [-0.1, -0.05) is 90.6 Å². The van der Waals surface area contributed by atoms with Crippen molar-refractivity contribution in [3.05, 3.63) is 132 Å². The van der Waals surface area contributed by atoms with Gasteiger partial charge in [0.1, 0.15) is 10.5 Å². The Morgan fingerprint density at radius 2 is 1.31 bits per heavy atom. The maximum absolute atomic E-state index is 14.5. The number of para-hydroxylation sites is 1. The molecule has 0 saturated heterocycles. The standard InChI is InChI=1S/C28H22N4O2S/c1-34-25-19-17-21(18-20-25)26(33)28(22-11-5-2-6-12-22,23-13-7-3-8-14-23)35-27-29-30-31-32(27)24-15-9-4-10-16-24/h2-20H,1H3. The normalized spacial score (nSPS) is 11.2. The number of tetrazole rings is 1. The van der Waals surface area contributed by atoms with Crippen molar-refractivity contribution < 1.29 is 9.53 Å². The van der Waals surface area contributed by atoms with Gasteiger partial charge in [-0.05, 0) is 58.0 Å². The van der Waals surface area contributed by atoms with E-state index in [9.17, 15) is 4.79 Å². The van der Waals surface area contributed by atoms with E-state index in [4.69, 9.17) is 4.74 Å². The van der Waals surface area contributed by atoms with Crippen LogP contribution in [0, 0.1) is 0 Å². The zero-order valence-corrected chi connectivity index (χ0v) is 19.8. The molecule has 0 N–H and O–H groups in total. The van der Waals surface area contributed by atoms with Crippen LogP contribution in [0.5, 0.6) is 5.75 Å². The van der Waals surface area contributed by atoms with Crippen molar-refractivity contribution in [2.75, 3.05) is 7.11 Å². The van der Waals surface area contributed by atoms with Crippen molar-refractivity contribution >= 4 is 17.5 Å². The predicted molar refractivity (Wildman–Crippen MR) is 136 cm³/mol. The Hall–Kier alpha value is -4.23. The number of ketones is 1. The highest BCUT2D eigenvalue weighted by Crippen LogP contribution is 2.48. The van der Waals surface area contributed by atoms with Crippen molar-refractivity contribution in [3.63, 3.8) is 0 Å². The number of thioether (sulfide) groups is 1. The third-order valence-electron chi connectivity index (χ3n) is 5.72. The van der Waals surface area contributed by atoms with Crippen LogP contribution in [0.15, 0.2) is 120 Å². The molecule has 0 spiro atoms. The molecule has 1 aromatic heterocycles. The summed E-state index contributed by atoms with van der Waals surface area (Å²) in [6.45, 7) is 0. The summed E-state index contributed by atoms with van der Waals surface area (Å²) < 4.78 is 5.83. The van der Waals surface area contributed by atoms with Crippen LogP contribution in [-0.2, 0) is 4.75 Å². The minimum absolute atomic E-state index is 0.0786. The van der Waals surface area contributed by atoms with Crippen molar-refractivity contribution in [2.24, 2.45) is 0 Å². The molecule has 0 aliphatic carbocycles. The van der Waals surface area contributed by atoms with Crippen LogP contribution in [0.2, 0.25) is 0 Å². The molecule has 0 aliphatic rings. The average Bonchev–Trinajstić information content (AvgIpc) is 3.41. The maximum Gasteiger partial charge on any atom is 0.215 e. The summed E-state index contributed by atoms with van der Waals surface area (Å²) in [5.74, 6) is 0.609. The van der Waals surface area contributed by atoms with Gasteiger partial charge < -0.3 is 4.74 Å². The van der Waals surface area contributed by atoms with E-state index in [1.807, 2.05) is 91.0 Å². The van der Waals surface area contributed by atoms with E-state index in [0.717, 1.165) is 16.8 Å². The molecule has 5 aromatic rings. The van der Waals surface area contributed by atoms with Crippen LogP contribution in [0.25, 0.3) is 5.69 Å². The highest BCUT2D eigenvalue weighted by Gasteiger charge is 2.45. The molecule has 0 saturated carbocycles. The van der Waals surface area contributed by atoms with Crippen molar-refractivity contribution in [3.8, 4) is 11.4 Å². The molecule has 1 heterocycles. The number of Topliss-reactive ketones (excluding diaryl/α,β-unsaturated/α-hetero) is 1. The van der Waals surface area contributed by atoms with Gasteiger partial charge in [0.25, 0.3) is 0 Å². The topological polar surface area (TPSA) is 69.9 Å². The molecule has 172 valence electrons. The van der Waals surface area contributed by atoms with E-state index in [-0.39, 0.29) is 5.78 Å². The Morgan fingerprint density at radius 3 is 1.86 bits per heavy atom. The molecule has 0 unspecified atom stereocenters. The first kappa shape index (κ1) is 22.6. The van der Waals surface area contributed by atoms with Crippen molar-refractivity contribution in [2.45, 2.75) is 9.90 Å². The van der Waals surface area contributed by atoms with E-state index in [1.165, 1.54) is 11.8 Å². The molecule has 0 bridgehead atoms. The first-order chi connectivity index (χ1) is 17.2. The largest absolute Gasteiger partial charge is 0.497 e. The van der Waals surface area contributed by atoms with Gasteiger partial charge in [-0.15, -0.1) is 5.10 Å². The second-order valence-corrected chi connectivity index (χ2v) is 8.96. The number of rotatable bonds is 8. The monoisotopic (exact) mass is 478 g/mol. The summed E-state index contributed by atoms with van der Waals surface area (Å²) in [5.41, 5.74) is 3.04. The Kier molecular flexibility index (Phi) is 6.41. The van der Waals surface area contributed by atoms with Gasteiger partial charge in [-0.25, -0.2) is 0 Å². The molecule has 6 nitrogen and oxygen atoms in total. The molecule has 0 amide bonds. The lowest BCUT2D eigenvalue weighted by molar-refractivity contribution is 0.0959. The number of hydrogen-bond acceptors (Lipinski definition) is 6. The summed E-state index contributed by atoms with van der Waals surface area (Å²) in [5, 5.41) is 13.0. The number of benzene rings is 4. The molecule has 0 aliphatic heterocycles. The number of aromatic nitrogens is 4. The van der Waals surface area contributed by atoms with Gasteiger partial charge in [-0.3, -0.25) is 4.79 Å². The SMILES string of the molecule is COc1ccc(C(=O)C(Sc2nnnn2-c2ccccc2)(c2ccccc2)c2ccccc2)cc1. The second kappa shape index (κ2) is 9.95. The molecule has 5 rings (SSSR count). The summed E-state index contributed by atoms with van der Waals surface area (Å²) in [6.07, 6.45) is 0. The molecule has 35 heavy (non-hydrogen) atoms. The van der Waals surface area contributed by atoms with Gasteiger partial charge in [0, 0.05) is 5.56 Å². The fraction of sp³-hybridized carbons (Fsp3) is 0.0714. The number of nitrogens with zero attached hydrogens (tertiary/aromatic N) is 4. The highest BCUT2D eigenvalue weighted by molar-refractivity contribution is 8.01. The van der Waals surface area contributed by atoms with Crippen LogP contribution in [0.3, 0.4) is 0 Å². The van der Waals surface area contributed by atoms with E-state index in [1.54, 1.807) is 36.1 Å². The van der Waals surface area contributed by atoms with Gasteiger partial charge in [0.15, 0.2) is 5.78 Å². The average molecular weight is 479 g/mol. The number of methoxy groups -OCH3 is 1. The summed E-state index contributed by atoms with van der Waals surface area (Å²) in [6, 6.07) is 36.4. The van der Waals surface area contributed by atoms with Crippen LogP contribution in [-0.4, -0.2) is 33.1 Å². The summed E-state index contributed by atoms with van der Waals surface area (Å²) in [4.78, 5) is 14.5. The highest BCUT2D eigenvalue weighted by atomic mass is 32.2. The molecular formula is C28H22N4O2S. The minimum Gasteiger partial charge on any atom is -0.497 e. The van der Waals surface area contributed by atoms with E-state index in [0.29, 0.717) is 16.5 Å². The lowest BCUT2D eigenvalue weighted by Crippen LogP contribution is -2.34. The third kappa shape index (κ3) is 4.34. The zero-order valence-electron chi connectivity index (χ0n) is 19.0. The molecule has 0 fully saturated rings. The number of hydrogen-bond donors (Lipinski definition) is 0. The molecule has 7 heteroatoms. The molecule has 0 radical (unpaired) electrons. The Morgan fingerprint density at radius 1 is 0.771 bits per heavy atom. The number of ether oxygens (including phenoxy) is 1. The van der Waals surface area contributed by atoms with E-state index in [2.05, 4.69) is 15.5 Å². The molecular weight excluding hydrogens is 456 g/mol. The maximum atomic E-state index is 14.5. The fourth-order valence-corrected chi connectivity index (χ4v) is 5.29. The third-order valence-corrected chi connectivity index (χ3v) is 7.12. The van der Waals surface area contributed by atoms with Crippen molar-refractivity contribution in [1.82, 2.24) is 20.2 Å². The predicted octanol–water partition coefficient (Wildman–Crippen LogP) is 5.59. The van der Waals surface area contributed by atoms with Crippen LogP contribution in [0.4, 0.5) is 0 Å². The van der Waals surface area contributed by atoms with Crippen LogP contribution >= 0.6 is 11.8 Å². The van der Waals surface area contributed by atoms with E-state index >= 15 is 0 Å². The van der Waals surface area contributed by atoms with E-state index < -0.39 is 4.75 Å². The van der Waals surface area contributed by atoms with Gasteiger partial charge in [0.2, 0.25) is 5.16 Å². The van der Waals surface area contributed by atoms with Crippen LogP contribution < -0.4 is 4.74 Å². The minimum atomic E-state index is -1.14. The quantitative estimate of drug-likeness (QED) is 0.214. The summed E-state index contributed by atoms with van der Waals surface area (Å²) >= 11 is 1.33. The first-order valence-electron chi connectivity index (χ1n) is 11.0. The van der Waals surface area contributed by atoms with Crippen LogP contribution in [0.1, 0.15) is 21.5 Å².